The second kappa shape index (κ2) is 7.89. The van der Waals surface area contributed by atoms with E-state index in [0.717, 1.165) is 12.0 Å². The molecule has 5 heteroatoms. The fraction of sp³-hybridized carbons (Fsp3) is 0.600. The molecule has 1 N–H and O–H groups in total. The number of benzene rings is 1. The third kappa shape index (κ3) is 5.76. The molecular formula is C20H30N2O3. The van der Waals surface area contributed by atoms with E-state index >= 15 is 0 Å². The summed E-state index contributed by atoms with van der Waals surface area (Å²) >= 11 is 0. The van der Waals surface area contributed by atoms with E-state index in [1.807, 2.05) is 56.0 Å². The van der Waals surface area contributed by atoms with Crippen molar-refractivity contribution in [1.29, 1.82) is 0 Å². The van der Waals surface area contributed by atoms with Crippen LogP contribution in [-0.2, 0) is 16.1 Å². The van der Waals surface area contributed by atoms with Crippen LogP contribution in [0.2, 0.25) is 0 Å². The monoisotopic (exact) mass is 346 g/mol. The van der Waals surface area contributed by atoms with Gasteiger partial charge in [0.05, 0.1) is 18.5 Å². The molecule has 0 saturated carbocycles. The van der Waals surface area contributed by atoms with Crippen LogP contribution >= 0.6 is 0 Å². The molecule has 25 heavy (non-hydrogen) atoms. The van der Waals surface area contributed by atoms with Crippen LogP contribution < -0.4 is 5.32 Å². The largest absolute Gasteiger partial charge is 0.460 e. The van der Waals surface area contributed by atoms with E-state index in [1.165, 1.54) is 0 Å². The highest BCUT2D eigenvalue weighted by Gasteiger charge is 2.40. The lowest BCUT2D eigenvalue weighted by Gasteiger charge is -2.28. The van der Waals surface area contributed by atoms with Crippen molar-refractivity contribution in [2.45, 2.75) is 71.7 Å². The van der Waals surface area contributed by atoms with Crippen LogP contribution in [0.4, 0.5) is 4.79 Å². The number of hydrogen-bond acceptors (Lipinski definition) is 3. The number of rotatable bonds is 6. The van der Waals surface area contributed by atoms with Crippen LogP contribution in [0.3, 0.4) is 0 Å². The van der Waals surface area contributed by atoms with Gasteiger partial charge in [0.1, 0.15) is 5.60 Å². The lowest BCUT2D eigenvalue weighted by molar-refractivity contribution is -0.155. The van der Waals surface area contributed by atoms with Gasteiger partial charge >= 0.3 is 12.0 Å². The molecule has 0 spiro atoms. The van der Waals surface area contributed by atoms with E-state index < -0.39 is 5.60 Å². The van der Waals surface area contributed by atoms with Gasteiger partial charge in [0.25, 0.3) is 0 Å². The first-order valence-electron chi connectivity index (χ1n) is 8.98. The molecule has 0 radical (unpaired) electrons. The SMILES string of the molecule is CC(C)C[C@H]1[C@@H](CC(=O)OC(C)(C)C)NC(=O)N1Cc1ccccc1. The van der Waals surface area contributed by atoms with Crippen LogP contribution in [0.5, 0.6) is 0 Å². The van der Waals surface area contributed by atoms with Gasteiger partial charge in [-0.3, -0.25) is 4.79 Å². The number of hydrogen-bond donors (Lipinski definition) is 1. The molecule has 2 amide bonds. The highest BCUT2D eigenvalue weighted by Crippen LogP contribution is 2.25. The molecule has 1 aliphatic heterocycles. The molecule has 1 heterocycles. The second-order valence-corrected chi connectivity index (χ2v) is 8.16. The van der Waals surface area contributed by atoms with Crippen molar-refractivity contribution >= 4 is 12.0 Å². The van der Waals surface area contributed by atoms with E-state index in [-0.39, 0.29) is 30.5 Å². The Morgan fingerprint density at radius 3 is 2.44 bits per heavy atom. The first-order chi connectivity index (χ1) is 11.7. The summed E-state index contributed by atoms with van der Waals surface area (Å²) in [6.07, 6.45) is 1.05. The molecule has 1 saturated heterocycles. The standard InChI is InChI=1S/C20H30N2O3/c1-14(2)11-17-16(12-18(23)25-20(3,4)5)21-19(24)22(17)13-15-9-7-6-8-10-15/h6-10,14,16-17H,11-13H2,1-5H3,(H,21,24)/t16-,17+/m1/s1. The van der Waals surface area contributed by atoms with Crippen LogP contribution in [0.1, 0.15) is 53.0 Å². The predicted molar refractivity (Wildman–Crippen MR) is 98.0 cm³/mol. The van der Waals surface area contributed by atoms with Gasteiger partial charge in [0, 0.05) is 6.54 Å². The Hall–Kier alpha value is -2.04. The van der Waals surface area contributed by atoms with Crippen LogP contribution in [0, 0.1) is 5.92 Å². The summed E-state index contributed by atoms with van der Waals surface area (Å²) in [4.78, 5) is 26.6. The fourth-order valence-electron chi connectivity index (χ4n) is 3.20. The lowest BCUT2D eigenvalue weighted by atomic mass is 9.95. The Labute approximate surface area is 150 Å². The van der Waals surface area contributed by atoms with Gasteiger partial charge in [0.15, 0.2) is 0 Å². The summed E-state index contributed by atoms with van der Waals surface area (Å²) in [7, 11) is 0. The zero-order valence-corrected chi connectivity index (χ0v) is 15.9. The van der Waals surface area contributed by atoms with Gasteiger partial charge in [-0.05, 0) is 38.7 Å². The Balaban J connectivity index is 2.11. The van der Waals surface area contributed by atoms with Crippen molar-refractivity contribution < 1.29 is 14.3 Å². The van der Waals surface area contributed by atoms with Gasteiger partial charge in [-0.25, -0.2) is 4.79 Å². The molecule has 1 aromatic rings. The topological polar surface area (TPSA) is 58.6 Å². The molecule has 2 rings (SSSR count). The summed E-state index contributed by atoms with van der Waals surface area (Å²) in [5.41, 5.74) is 0.570. The molecule has 0 bridgehead atoms. The minimum Gasteiger partial charge on any atom is -0.460 e. The predicted octanol–water partition coefficient (Wildman–Crippen LogP) is 3.73. The van der Waals surface area contributed by atoms with Gasteiger partial charge < -0.3 is 15.0 Å². The minimum absolute atomic E-state index is 0.0137. The normalized spacial score (nSPS) is 20.7. The number of carbonyl (C=O) groups is 2. The van der Waals surface area contributed by atoms with Crippen molar-refractivity contribution in [2.75, 3.05) is 0 Å². The highest BCUT2D eigenvalue weighted by molar-refractivity contribution is 5.80. The average molecular weight is 346 g/mol. The molecule has 1 aromatic carbocycles. The Bertz CT molecular complexity index is 593. The van der Waals surface area contributed by atoms with Gasteiger partial charge in [-0.2, -0.15) is 0 Å². The number of carbonyl (C=O) groups excluding carboxylic acids is 2. The highest BCUT2D eigenvalue weighted by atomic mass is 16.6. The van der Waals surface area contributed by atoms with Crippen molar-refractivity contribution in [1.82, 2.24) is 10.2 Å². The van der Waals surface area contributed by atoms with Gasteiger partial charge in [-0.15, -0.1) is 0 Å². The van der Waals surface area contributed by atoms with E-state index in [1.54, 1.807) is 0 Å². The van der Waals surface area contributed by atoms with Gasteiger partial charge in [0.2, 0.25) is 0 Å². The maximum atomic E-state index is 12.5. The zero-order valence-electron chi connectivity index (χ0n) is 15.9. The number of esters is 1. The molecule has 0 aliphatic carbocycles. The summed E-state index contributed by atoms with van der Waals surface area (Å²) < 4.78 is 5.43. The van der Waals surface area contributed by atoms with Crippen LogP contribution in [0.15, 0.2) is 30.3 Å². The summed E-state index contributed by atoms with van der Waals surface area (Å²) in [6, 6.07) is 9.60. The van der Waals surface area contributed by atoms with E-state index in [0.29, 0.717) is 12.5 Å². The number of ether oxygens (including phenoxy) is 1. The van der Waals surface area contributed by atoms with E-state index in [9.17, 15) is 9.59 Å². The minimum atomic E-state index is -0.517. The molecule has 138 valence electrons. The first-order valence-corrected chi connectivity index (χ1v) is 8.98. The second-order valence-electron chi connectivity index (χ2n) is 8.16. The Kier molecular flexibility index (Phi) is 6.09. The van der Waals surface area contributed by atoms with Crippen molar-refractivity contribution in [3.05, 3.63) is 35.9 Å². The fourth-order valence-corrected chi connectivity index (χ4v) is 3.20. The summed E-state index contributed by atoms with van der Waals surface area (Å²) in [6.45, 7) is 10.4. The Morgan fingerprint density at radius 2 is 1.88 bits per heavy atom. The number of urea groups is 1. The van der Waals surface area contributed by atoms with Crippen molar-refractivity contribution in [3.8, 4) is 0 Å². The molecule has 0 aromatic heterocycles. The number of amides is 2. The van der Waals surface area contributed by atoms with Gasteiger partial charge in [-0.1, -0.05) is 44.2 Å². The summed E-state index contributed by atoms with van der Waals surface area (Å²) in [5.74, 6) is 0.158. The van der Waals surface area contributed by atoms with E-state index in [2.05, 4.69) is 19.2 Å². The summed E-state index contributed by atoms with van der Waals surface area (Å²) in [5, 5.41) is 2.98. The molecule has 5 nitrogen and oxygen atoms in total. The number of nitrogens with one attached hydrogen (secondary N) is 1. The molecular weight excluding hydrogens is 316 g/mol. The maximum absolute atomic E-state index is 12.5. The van der Waals surface area contributed by atoms with Crippen molar-refractivity contribution in [2.24, 2.45) is 5.92 Å². The third-order valence-electron chi connectivity index (χ3n) is 4.15. The smallest absolute Gasteiger partial charge is 0.318 e. The molecule has 0 unspecified atom stereocenters. The van der Waals surface area contributed by atoms with E-state index in [4.69, 9.17) is 4.74 Å². The maximum Gasteiger partial charge on any atom is 0.318 e. The average Bonchev–Trinajstić information content (AvgIpc) is 2.74. The Morgan fingerprint density at radius 1 is 1.24 bits per heavy atom. The molecule has 1 aliphatic rings. The third-order valence-corrected chi connectivity index (χ3v) is 4.15. The van der Waals surface area contributed by atoms with Crippen LogP contribution in [-0.4, -0.2) is 34.6 Å². The lowest BCUT2D eigenvalue weighted by Crippen LogP contribution is -2.39. The van der Waals surface area contributed by atoms with Crippen molar-refractivity contribution in [3.63, 3.8) is 0 Å². The molecule has 1 fully saturated rings. The molecule has 2 atom stereocenters. The first kappa shape index (κ1) is 19.3. The number of nitrogens with zero attached hydrogens (tertiary/aromatic N) is 1. The van der Waals surface area contributed by atoms with Crippen LogP contribution in [0.25, 0.3) is 0 Å². The zero-order chi connectivity index (χ0) is 18.6. The quantitative estimate of drug-likeness (QED) is 0.799.